The largest absolute Gasteiger partial charge is 0.481 e. The first-order chi connectivity index (χ1) is 9.91. The zero-order chi connectivity index (χ0) is 15.6. The lowest BCUT2D eigenvalue weighted by molar-refractivity contribution is -0.138. The average molecular weight is 295 g/mol. The fourth-order valence-corrected chi connectivity index (χ4v) is 2.63. The molecule has 1 saturated heterocycles. The summed E-state index contributed by atoms with van der Waals surface area (Å²) in [6.07, 6.45) is -0.0733. The normalized spacial score (nSPS) is 16.8. The highest BCUT2D eigenvalue weighted by Crippen LogP contribution is 2.20. The van der Waals surface area contributed by atoms with E-state index in [4.69, 9.17) is 9.84 Å². The SMILES string of the molecule is Cc1nn(C(C)C(=O)N2CCOCC2)c(C)c1CC(=O)O. The molecule has 1 aliphatic rings. The van der Waals surface area contributed by atoms with Crippen molar-refractivity contribution < 1.29 is 19.4 Å². The molecule has 1 unspecified atom stereocenters. The van der Waals surface area contributed by atoms with Crippen LogP contribution in [0.2, 0.25) is 0 Å². The van der Waals surface area contributed by atoms with E-state index < -0.39 is 12.0 Å². The molecule has 0 radical (unpaired) electrons. The lowest BCUT2D eigenvalue weighted by Gasteiger charge is -2.29. The van der Waals surface area contributed by atoms with E-state index in [0.29, 0.717) is 37.6 Å². The van der Waals surface area contributed by atoms with Crippen molar-refractivity contribution in [1.29, 1.82) is 0 Å². The van der Waals surface area contributed by atoms with Crippen LogP contribution in [0.15, 0.2) is 0 Å². The first-order valence-electron chi connectivity index (χ1n) is 7.04. The van der Waals surface area contributed by atoms with Crippen molar-refractivity contribution in [1.82, 2.24) is 14.7 Å². The molecule has 1 aromatic rings. The van der Waals surface area contributed by atoms with E-state index in [0.717, 1.165) is 5.69 Å². The van der Waals surface area contributed by atoms with Gasteiger partial charge in [0.25, 0.3) is 0 Å². The smallest absolute Gasteiger partial charge is 0.307 e. The minimum atomic E-state index is -0.895. The topological polar surface area (TPSA) is 84.7 Å². The predicted molar refractivity (Wildman–Crippen MR) is 75.2 cm³/mol. The van der Waals surface area contributed by atoms with E-state index in [1.807, 2.05) is 0 Å². The Morgan fingerprint density at radius 2 is 1.95 bits per heavy atom. The van der Waals surface area contributed by atoms with Gasteiger partial charge in [-0.3, -0.25) is 14.3 Å². The minimum Gasteiger partial charge on any atom is -0.481 e. The number of aryl methyl sites for hydroxylation is 1. The molecule has 1 fully saturated rings. The maximum atomic E-state index is 12.5. The van der Waals surface area contributed by atoms with Crippen LogP contribution >= 0.6 is 0 Å². The van der Waals surface area contributed by atoms with Crippen molar-refractivity contribution in [3.8, 4) is 0 Å². The molecular weight excluding hydrogens is 274 g/mol. The summed E-state index contributed by atoms with van der Waals surface area (Å²) >= 11 is 0. The second-order valence-electron chi connectivity index (χ2n) is 5.28. The summed E-state index contributed by atoms with van der Waals surface area (Å²) in [5.41, 5.74) is 2.09. The summed E-state index contributed by atoms with van der Waals surface area (Å²) < 4.78 is 6.87. The summed E-state index contributed by atoms with van der Waals surface area (Å²) in [5.74, 6) is -0.904. The minimum absolute atomic E-state index is 0.00854. The second-order valence-corrected chi connectivity index (χ2v) is 5.28. The highest BCUT2D eigenvalue weighted by molar-refractivity contribution is 5.80. The Balaban J connectivity index is 2.20. The molecule has 0 aliphatic carbocycles. The second kappa shape index (κ2) is 6.26. The quantitative estimate of drug-likeness (QED) is 0.876. The third-order valence-corrected chi connectivity index (χ3v) is 3.85. The van der Waals surface area contributed by atoms with E-state index in [-0.39, 0.29) is 12.3 Å². The third kappa shape index (κ3) is 3.24. The molecule has 0 bridgehead atoms. The van der Waals surface area contributed by atoms with Gasteiger partial charge in [-0.2, -0.15) is 5.10 Å². The van der Waals surface area contributed by atoms with Gasteiger partial charge in [0, 0.05) is 24.3 Å². The Morgan fingerprint density at radius 1 is 1.33 bits per heavy atom. The first-order valence-corrected chi connectivity index (χ1v) is 7.04. The fraction of sp³-hybridized carbons (Fsp3) is 0.643. The Hall–Kier alpha value is -1.89. The van der Waals surface area contributed by atoms with Crippen LogP contribution in [-0.4, -0.2) is 58.0 Å². The van der Waals surface area contributed by atoms with Crippen LogP contribution in [0.4, 0.5) is 0 Å². The van der Waals surface area contributed by atoms with Crippen molar-refractivity contribution >= 4 is 11.9 Å². The average Bonchev–Trinajstić information content (AvgIpc) is 2.74. The van der Waals surface area contributed by atoms with Crippen molar-refractivity contribution in [3.63, 3.8) is 0 Å². The maximum absolute atomic E-state index is 12.5. The van der Waals surface area contributed by atoms with Crippen molar-refractivity contribution in [2.45, 2.75) is 33.2 Å². The molecule has 116 valence electrons. The summed E-state index contributed by atoms with van der Waals surface area (Å²) in [7, 11) is 0. The van der Waals surface area contributed by atoms with Crippen LogP contribution in [0, 0.1) is 13.8 Å². The number of carbonyl (C=O) groups excluding carboxylic acids is 1. The number of carboxylic acid groups (broad SMARTS) is 1. The Kier molecular flexibility index (Phi) is 4.62. The Morgan fingerprint density at radius 3 is 2.52 bits per heavy atom. The number of ether oxygens (including phenoxy) is 1. The van der Waals surface area contributed by atoms with Crippen molar-refractivity contribution in [2.75, 3.05) is 26.3 Å². The lowest BCUT2D eigenvalue weighted by atomic mass is 10.1. The molecule has 7 heteroatoms. The van der Waals surface area contributed by atoms with Gasteiger partial charge in [0.05, 0.1) is 25.3 Å². The molecule has 1 N–H and O–H groups in total. The van der Waals surface area contributed by atoms with Gasteiger partial charge in [-0.15, -0.1) is 0 Å². The highest BCUT2D eigenvalue weighted by atomic mass is 16.5. The van der Waals surface area contributed by atoms with Gasteiger partial charge in [0.2, 0.25) is 5.91 Å². The number of carboxylic acids is 1. The summed E-state index contributed by atoms with van der Waals surface area (Å²) in [4.78, 5) is 25.2. The van der Waals surface area contributed by atoms with Gasteiger partial charge in [-0.25, -0.2) is 0 Å². The molecule has 21 heavy (non-hydrogen) atoms. The van der Waals surface area contributed by atoms with Crippen molar-refractivity contribution in [2.24, 2.45) is 0 Å². The van der Waals surface area contributed by atoms with Gasteiger partial charge in [0.1, 0.15) is 6.04 Å². The van der Waals surface area contributed by atoms with Crippen LogP contribution in [0.5, 0.6) is 0 Å². The molecule has 0 saturated carbocycles. The Bertz CT molecular complexity index is 547. The van der Waals surface area contributed by atoms with E-state index in [9.17, 15) is 9.59 Å². The van der Waals surface area contributed by atoms with Gasteiger partial charge in [-0.05, 0) is 20.8 Å². The Labute approximate surface area is 123 Å². The number of aromatic nitrogens is 2. The highest BCUT2D eigenvalue weighted by Gasteiger charge is 2.27. The molecule has 1 amide bonds. The molecule has 7 nitrogen and oxygen atoms in total. The summed E-state index contributed by atoms with van der Waals surface area (Å²) in [5, 5.41) is 13.3. The number of hydrogen-bond donors (Lipinski definition) is 1. The zero-order valence-corrected chi connectivity index (χ0v) is 12.6. The number of hydrogen-bond acceptors (Lipinski definition) is 4. The molecule has 1 atom stereocenters. The van der Waals surface area contributed by atoms with Gasteiger partial charge < -0.3 is 14.7 Å². The standard InChI is InChI=1S/C14H21N3O4/c1-9-12(8-13(18)19)10(2)17(15-9)11(3)14(20)16-4-6-21-7-5-16/h11H,4-8H2,1-3H3,(H,18,19). The fourth-order valence-electron chi connectivity index (χ4n) is 2.63. The molecule has 2 rings (SSSR count). The van der Waals surface area contributed by atoms with Crippen LogP contribution in [0.25, 0.3) is 0 Å². The molecule has 0 spiro atoms. The van der Waals surface area contributed by atoms with Crippen LogP contribution in [-0.2, 0) is 20.7 Å². The molecule has 1 aliphatic heterocycles. The zero-order valence-electron chi connectivity index (χ0n) is 12.6. The van der Waals surface area contributed by atoms with Crippen LogP contribution in [0.1, 0.15) is 29.9 Å². The number of amides is 1. The van der Waals surface area contributed by atoms with E-state index in [1.165, 1.54) is 0 Å². The number of aliphatic carboxylic acids is 1. The first kappa shape index (κ1) is 15.5. The summed E-state index contributed by atoms with van der Waals surface area (Å²) in [6, 6.07) is -0.440. The van der Waals surface area contributed by atoms with E-state index >= 15 is 0 Å². The number of nitrogens with zero attached hydrogens (tertiary/aromatic N) is 3. The monoisotopic (exact) mass is 295 g/mol. The van der Waals surface area contributed by atoms with Gasteiger partial charge >= 0.3 is 5.97 Å². The lowest BCUT2D eigenvalue weighted by Crippen LogP contribution is -2.44. The number of carbonyl (C=O) groups is 2. The molecular formula is C14H21N3O4. The number of rotatable bonds is 4. The summed E-state index contributed by atoms with van der Waals surface area (Å²) in [6.45, 7) is 7.66. The maximum Gasteiger partial charge on any atom is 0.307 e. The van der Waals surface area contributed by atoms with Crippen molar-refractivity contribution in [3.05, 3.63) is 17.0 Å². The number of morpholine rings is 1. The van der Waals surface area contributed by atoms with Crippen LogP contribution in [0.3, 0.4) is 0 Å². The van der Waals surface area contributed by atoms with Gasteiger partial charge in [0.15, 0.2) is 0 Å². The van der Waals surface area contributed by atoms with E-state index in [2.05, 4.69) is 5.10 Å². The van der Waals surface area contributed by atoms with E-state index in [1.54, 1.807) is 30.4 Å². The third-order valence-electron chi connectivity index (χ3n) is 3.85. The molecule has 0 aromatic carbocycles. The predicted octanol–water partition coefficient (Wildman–Crippen LogP) is 0.547. The molecule has 2 heterocycles. The van der Waals surface area contributed by atoms with Gasteiger partial charge in [-0.1, -0.05) is 0 Å². The molecule has 1 aromatic heterocycles. The van der Waals surface area contributed by atoms with Crippen LogP contribution < -0.4 is 0 Å².